The number of hydrogen-bond donors (Lipinski definition) is 0. The summed E-state index contributed by atoms with van der Waals surface area (Å²) in [5.41, 5.74) is 8.28. The van der Waals surface area contributed by atoms with Crippen LogP contribution in [0.1, 0.15) is 55.9 Å². The fraction of sp³-hybridized carbons (Fsp3) is 0.500. The van der Waals surface area contributed by atoms with Crippen LogP contribution in [-0.2, 0) is 0 Å². The second kappa shape index (κ2) is 9.15. The van der Waals surface area contributed by atoms with Crippen molar-refractivity contribution in [2.75, 3.05) is 11.5 Å². The van der Waals surface area contributed by atoms with Gasteiger partial charge in [-0.25, -0.2) is 0 Å². The first-order valence-corrected chi connectivity index (χ1v) is 9.12. The molecule has 0 saturated heterocycles. The average Bonchev–Trinajstić information content (AvgIpc) is 2.37. The van der Waals surface area contributed by atoms with Crippen molar-refractivity contribution < 1.29 is 0 Å². The maximum absolute atomic E-state index is 2.37. The fourth-order valence-corrected chi connectivity index (χ4v) is 3.67. The summed E-state index contributed by atoms with van der Waals surface area (Å²) in [7, 11) is 0. The van der Waals surface area contributed by atoms with Gasteiger partial charge in [0.05, 0.1) is 0 Å². The lowest BCUT2D eigenvalue weighted by molar-refractivity contribution is 1.10. The molecule has 1 aromatic rings. The average molecular weight is 303 g/mol. The lowest BCUT2D eigenvalue weighted by Crippen LogP contribution is -1.93. The molecule has 0 heterocycles. The van der Waals surface area contributed by atoms with Gasteiger partial charge in [0.15, 0.2) is 0 Å². The topological polar surface area (TPSA) is 0 Å². The van der Waals surface area contributed by atoms with Crippen LogP contribution in [0.4, 0.5) is 0 Å². The Morgan fingerprint density at radius 3 is 2.24 bits per heavy atom. The van der Waals surface area contributed by atoms with Gasteiger partial charge in [0.2, 0.25) is 0 Å². The number of hydrogen-bond acceptors (Lipinski definition) is 1. The van der Waals surface area contributed by atoms with Crippen molar-refractivity contribution in [1.29, 1.82) is 0 Å². The van der Waals surface area contributed by atoms with E-state index in [9.17, 15) is 0 Å². The molecule has 0 N–H and O–H groups in total. The van der Waals surface area contributed by atoms with Crippen molar-refractivity contribution in [3.05, 3.63) is 52.1 Å². The molecule has 0 aromatic heterocycles. The Hall–Kier alpha value is -0.950. The minimum absolute atomic E-state index is 1.17. The molecule has 0 saturated carbocycles. The molecule has 0 bridgehead atoms. The first-order valence-electron chi connectivity index (χ1n) is 7.96. The van der Waals surface area contributed by atoms with E-state index in [1.54, 1.807) is 0 Å². The highest BCUT2D eigenvalue weighted by Gasteiger charge is 2.05. The predicted octanol–water partition coefficient (Wildman–Crippen LogP) is 6.49. The van der Waals surface area contributed by atoms with Crippen LogP contribution in [0.5, 0.6) is 0 Å². The third-order valence-electron chi connectivity index (χ3n) is 3.59. The number of allylic oxidation sites excluding steroid dienone is 4. The molecule has 0 nitrogen and oxygen atoms in total. The van der Waals surface area contributed by atoms with Crippen LogP contribution in [0.2, 0.25) is 0 Å². The number of aryl methyl sites for hydroxylation is 3. The Labute approximate surface area is 135 Å². The van der Waals surface area contributed by atoms with Gasteiger partial charge < -0.3 is 0 Å². The molecule has 1 aromatic carbocycles. The van der Waals surface area contributed by atoms with E-state index >= 15 is 0 Å². The summed E-state index contributed by atoms with van der Waals surface area (Å²) in [5, 5.41) is 0. The summed E-state index contributed by atoms with van der Waals surface area (Å²) in [6.07, 6.45) is 7.14. The van der Waals surface area contributed by atoms with Crippen molar-refractivity contribution in [2.24, 2.45) is 0 Å². The Kier molecular flexibility index (Phi) is 7.88. The minimum atomic E-state index is 1.17. The van der Waals surface area contributed by atoms with Crippen molar-refractivity contribution in [1.82, 2.24) is 0 Å². The summed E-state index contributed by atoms with van der Waals surface area (Å²) < 4.78 is 0. The van der Waals surface area contributed by atoms with E-state index in [0.717, 1.165) is 0 Å². The van der Waals surface area contributed by atoms with Gasteiger partial charge in [-0.1, -0.05) is 42.3 Å². The Morgan fingerprint density at radius 2 is 1.67 bits per heavy atom. The number of benzene rings is 1. The third kappa shape index (κ3) is 6.13. The van der Waals surface area contributed by atoms with Gasteiger partial charge in [-0.3, -0.25) is 0 Å². The molecule has 0 amide bonds. The van der Waals surface area contributed by atoms with Gasteiger partial charge in [-0.2, -0.15) is 11.8 Å². The van der Waals surface area contributed by atoms with Gasteiger partial charge in [-0.15, -0.1) is 0 Å². The maximum atomic E-state index is 2.37. The Morgan fingerprint density at radius 1 is 1.05 bits per heavy atom. The van der Waals surface area contributed by atoms with Crippen LogP contribution in [0.15, 0.2) is 29.9 Å². The van der Waals surface area contributed by atoms with E-state index in [0.29, 0.717) is 0 Å². The lowest BCUT2D eigenvalue weighted by atomic mass is 9.93. The molecule has 116 valence electrons. The van der Waals surface area contributed by atoms with Crippen LogP contribution in [0, 0.1) is 20.8 Å². The van der Waals surface area contributed by atoms with E-state index in [1.807, 2.05) is 0 Å². The molecule has 0 fully saturated rings. The molecule has 0 atom stereocenters. The SMILES string of the molecule is CCCSCC/C=C(C)\C=C(\C)c1c(C)cc(C)cc1C. The molecule has 0 radical (unpaired) electrons. The van der Waals surface area contributed by atoms with Crippen molar-refractivity contribution in [3.8, 4) is 0 Å². The third-order valence-corrected chi connectivity index (χ3v) is 4.81. The second-order valence-electron chi connectivity index (χ2n) is 5.95. The molecule has 0 spiro atoms. The zero-order valence-electron chi connectivity index (χ0n) is 14.5. The first-order chi connectivity index (χ1) is 9.95. The summed E-state index contributed by atoms with van der Waals surface area (Å²) >= 11 is 2.05. The monoisotopic (exact) mass is 302 g/mol. The largest absolute Gasteiger partial charge is 0.162 e. The van der Waals surface area contributed by atoms with E-state index < -0.39 is 0 Å². The van der Waals surface area contributed by atoms with E-state index in [2.05, 4.69) is 77.6 Å². The number of rotatable bonds is 7. The maximum Gasteiger partial charge on any atom is -0.00327 e. The molecule has 21 heavy (non-hydrogen) atoms. The summed E-state index contributed by atoms with van der Waals surface area (Å²) in [5.74, 6) is 2.52. The van der Waals surface area contributed by atoms with Crippen LogP contribution in [0.25, 0.3) is 5.57 Å². The van der Waals surface area contributed by atoms with Gasteiger partial charge >= 0.3 is 0 Å². The van der Waals surface area contributed by atoms with Gasteiger partial charge in [0.1, 0.15) is 0 Å². The zero-order valence-corrected chi connectivity index (χ0v) is 15.4. The van der Waals surface area contributed by atoms with Crippen LogP contribution < -0.4 is 0 Å². The lowest BCUT2D eigenvalue weighted by Gasteiger charge is -2.12. The second-order valence-corrected chi connectivity index (χ2v) is 7.18. The molecule has 0 aliphatic heterocycles. The Balaban J connectivity index is 2.78. The summed E-state index contributed by atoms with van der Waals surface area (Å²) in [6.45, 7) is 13.3. The van der Waals surface area contributed by atoms with E-state index in [-0.39, 0.29) is 0 Å². The van der Waals surface area contributed by atoms with Gasteiger partial charge in [0, 0.05) is 0 Å². The molecule has 0 unspecified atom stereocenters. The Bertz CT molecular complexity index is 498. The molecule has 0 aliphatic carbocycles. The van der Waals surface area contributed by atoms with Crippen molar-refractivity contribution in [2.45, 2.75) is 54.4 Å². The van der Waals surface area contributed by atoms with E-state index in [4.69, 9.17) is 0 Å². The van der Waals surface area contributed by atoms with Gasteiger partial charge in [0.25, 0.3) is 0 Å². The van der Waals surface area contributed by atoms with Crippen LogP contribution in [0.3, 0.4) is 0 Å². The predicted molar refractivity (Wildman–Crippen MR) is 100 cm³/mol. The van der Waals surface area contributed by atoms with Crippen molar-refractivity contribution in [3.63, 3.8) is 0 Å². The molecular formula is C20H30S. The highest BCUT2D eigenvalue weighted by Crippen LogP contribution is 2.25. The van der Waals surface area contributed by atoms with Crippen LogP contribution in [-0.4, -0.2) is 11.5 Å². The van der Waals surface area contributed by atoms with Gasteiger partial charge in [-0.05, 0) is 81.2 Å². The smallest absolute Gasteiger partial charge is 0.00327 e. The van der Waals surface area contributed by atoms with Crippen LogP contribution >= 0.6 is 11.8 Å². The first kappa shape index (κ1) is 18.1. The minimum Gasteiger partial charge on any atom is -0.162 e. The highest BCUT2D eigenvalue weighted by molar-refractivity contribution is 7.99. The molecular weight excluding hydrogens is 272 g/mol. The molecule has 1 rings (SSSR count). The normalized spacial score (nSPS) is 12.9. The number of thioether (sulfide) groups is 1. The van der Waals surface area contributed by atoms with Crippen molar-refractivity contribution >= 4 is 17.3 Å². The quantitative estimate of drug-likeness (QED) is 0.409. The molecule has 0 aliphatic rings. The summed E-state index contributed by atoms with van der Waals surface area (Å²) in [6, 6.07) is 4.56. The zero-order chi connectivity index (χ0) is 15.8. The molecule has 1 heteroatoms. The van der Waals surface area contributed by atoms with E-state index in [1.165, 1.54) is 57.7 Å². The summed E-state index contributed by atoms with van der Waals surface area (Å²) in [4.78, 5) is 0. The highest BCUT2D eigenvalue weighted by atomic mass is 32.2. The fourth-order valence-electron chi connectivity index (χ4n) is 2.89. The standard InChI is InChI=1S/C20H30S/c1-7-10-21-11-8-9-15(2)12-17(4)20-18(5)13-16(3)14-19(20)6/h9,12-14H,7-8,10-11H2,1-6H3/b15-9-,17-12-.